The summed E-state index contributed by atoms with van der Waals surface area (Å²) in [5, 5.41) is 3.89. The fraction of sp³-hybridized carbons (Fsp3) is 0.355. The minimum absolute atomic E-state index is 0.0651. The zero-order valence-corrected chi connectivity index (χ0v) is 26.3. The number of likely N-dealkylation sites (tertiary alicyclic amines) is 1. The number of rotatable bonds is 10. The Morgan fingerprint density at radius 2 is 1.50 bits per heavy atom. The lowest BCUT2D eigenvalue weighted by molar-refractivity contribution is -0.156. The molecule has 1 heterocycles. The molecule has 1 fully saturated rings. The number of sulfonamides is 1. The predicted octanol–water partition coefficient (Wildman–Crippen LogP) is 5.92. The number of benzene rings is 3. The van der Waals surface area contributed by atoms with E-state index in [-0.39, 0.29) is 29.0 Å². The number of carbonyl (C=O) groups excluding carboxylic acids is 2. The van der Waals surface area contributed by atoms with Crippen LogP contribution in [0.2, 0.25) is 10.0 Å². The van der Waals surface area contributed by atoms with Crippen molar-refractivity contribution in [3.63, 3.8) is 0 Å². The fourth-order valence-corrected chi connectivity index (χ4v) is 6.47. The van der Waals surface area contributed by atoms with Crippen LogP contribution in [0, 0.1) is 5.92 Å². The smallest absolute Gasteiger partial charge is 0.328 e. The molecule has 11 heteroatoms. The number of anilines is 1. The van der Waals surface area contributed by atoms with Gasteiger partial charge in [-0.3, -0.25) is 14.4 Å². The predicted molar refractivity (Wildman–Crippen MR) is 166 cm³/mol. The molecule has 0 bridgehead atoms. The summed E-state index contributed by atoms with van der Waals surface area (Å²) >= 11 is 12.2. The Balaban J connectivity index is 1.37. The van der Waals surface area contributed by atoms with Crippen molar-refractivity contribution in [2.75, 3.05) is 23.6 Å². The molecule has 1 saturated heterocycles. The summed E-state index contributed by atoms with van der Waals surface area (Å²) in [5.41, 5.74) is 1.91. The van der Waals surface area contributed by atoms with Crippen molar-refractivity contribution in [2.24, 2.45) is 5.92 Å². The Hall–Kier alpha value is -3.11. The van der Waals surface area contributed by atoms with Crippen LogP contribution in [-0.4, -0.2) is 55.7 Å². The number of nitrogens with zero attached hydrogens (tertiary/aromatic N) is 1. The highest BCUT2D eigenvalue weighted by Crippen LogP contribution is 2.36. The second-order valence-electron chi connectivity index (χ2n) is 11.5. The summed E-state index contributed by atoms with van der Waals surface area (Å²) in [5.74, 6) is -1.22. The van der Waals surface area contributed by atoms with E-state index in [0.717, 1.165) is 11.1 Å². The molecule has 0 radical (unpaired) electrons. The molecule has 2 N–H and O–H groups in total. The molecule has 1 atom stereocenters. The van der Waals surface area contributed by atoms with E-state index in [2.05, 4.69) is 14.9 Å². The Morgan fingerprint density at radius 3 is 2.02 bits per heavy atom. The third-order valence-corrected chi connectivity index (χ3v) is 8.64. The molecule has 1 amide bonds. The number of carbonyl (C=O) groups is 2. The van der Waals surface area contributed by atoms with Crippen molar-refractivity contribution >= 4 is 50.8 Å². The van der Waals surface area contributed by atoms with Gasteiger partial charge in [-0.1, -0.05) is 53.5 Å². The molecule has 224 valence electrons. The van der Waals surface area contributed by atoms with Crippen molar-refractivity contribution in [1.29, 1.82) is 0 Å². The van der Waals surface area contributed by atoms with Crippen molar-refractivity contribution in [3.8, 4) is 0 Å². The van der Waals surface area contributed by atoms with Crippen molar-refractivity contribution in [3.05, 3.63) is 99.5 Å². The van der Waals surface area contributed by atoms with Gasteiger partial charge in [-0.2, -0.15) is 0 Å². The maximum atomic E-state index is 13.1. The molecule has 3 aromatic rings. The van der Waals surface area contributed by atoms with E-state index in [4.69, 9.17) is 27.9 Å². The first-order valence-corrected chi connectivity index (χ1v) is 16.0. The summed E-state index contributed by atoms with van der Waals surface area (Å²) in [6, 6.07) is 20.5. The van der Waals surface area contributed by atoms with E-state index < -0.39 is 33.5 Å². The van der Waals surface area contributed by atoms with Crippen LogP contribution in [0.4, 0.5) is 5.69 Å². The van der Waals surface area contributed by atoms with Gasteiger partial charge >= 0.3 is 5.97 Å². The molecule has 0 aliphatic carbocycles. The molecule has 0 spiro atoms. The monoisotopic (exact) mass is 631 g/mol. The van der Waals surface area contributed by atoms with Crippen LogP contribution in [0.1, 0.15) is 55.2 Å². The molecular formula is C31H35Cl2N3O5S. The zero-order chi connectivity index (χ0) is 30.7. The summed E-state index contributed by atoms with van der Waals surface area (Å²) in [6.45, 7) is 7.93. The van der Waals surface area contributed by atoms with E-state index in [1.807, 2.05) is 48.5 Å². The molecule has 42 heavy (non-hydrogen) atoms. The molecule has 4 rings (SSSR count). The number of nitrogens with one attached hydrogen (secondary N) is 2. The van der Waals surface area contributed by atoms with Gasteiger partial charge in [0.2, 0.25) is 10.0 Å². The second-order valence-corrected chi connectivity index (χ2v) is 14.2. The van der Waals surface area contributed by atoms with Gasteiger partial charge in [-0.05, 0) is 81.3 Å². The van der Waals surface area contributed by atoms with E-state index >= 15 is 0 Å². The average Bonchev–Trinajstić information content (AvgIpc) is 2.88. The second kappa shape index (κ2) is 13.0. The number of amides is 1. The minimum atomic E-state index is -3.70. The SMILES string of the molecule is CC(NC(=O)c1cccc(NS(=O)(=O)CC2CN(C(c3ccc(Cl)cc3)c3ccc(Cl)cc3)C2)c1)C(=O)OC(C)(C)C. The molecule has 3 aromatic carbocycles. The van der Waals surface area contributed by atoms with Gasteiger partial charge in [-0.15, -0.1) is 0 Å². The molecule has 1 aliphatic heterocycles. The van der Waals surface area contributed by atoms with Crippen LogP contribution in [-0.2, 0) is 19.6 Å². The van der Waals surface area contributed by atoms with Crippen molar-refractivity contribution in [1.82, 2.24) is 10.2 Å². The van der Waals surface area contributed by atoms with Gasteiger partial charge in [0.05, 0.1) is 11.8 Å². The van der Waals surface area contributed by atoms with E-state index in [1.54, 1.807) is 39.0 Å². The normalized spacial score (nSPS) is 15.1. The number of hydrogen-bond donors (Lipinski definition) is 2. The molecule has 8 nitrogen and oxygen atoms in total. The summed E-state index contributed by atoms with van der Waals surface area (Å²) < 4.78 is 34.0. The zero-order valence-electron chi connectivity index (χ0n) is 23.9. The molecule has 1 unspecified atom stereocenters. The quantitative estimate of drug-likeness (QED) is 0.269. The highest BCUT2D eigenvalue weighted by atomic mass is 35.5. The molecule has 0 saturated carbocycles. The first-order valence-electron chi connectivity index (χ1n) is 13.6. The first-order chi connectivity index (χ1) is 19.7. The lowest BCUT2D eigenvalue weighted by Crippen LogP contribution is -2.51. The number of hydrogen-bond acceptors (Lipinski definition) is 6. The third-order valence-electron chi connectivity index (χ3n) is 6.68. The van der Waals surface area contributed by atoms with E-state index in [1.165, 1.54) is 13.0 Å². The Morgan fingerprint density at radius 1 is 0.952 bits per heavy atom. The maximum absolute atomic E-state index is 13.1. The summed E-state index contributed by atoms with van der Waals surface area (Å²) in [7, 11) is -3.70. The topological polar surface area (TPSA) is 105 Å². The summed E-state index contributed by atoms with van der Waals surface area (Å²) in [4.78, 5) is 27.2. The number of esters is 1. The standard InChI is InChI=1S/C31H35Cl2N3O5S/c1-20(30(38)41-31(2,3)4)34-29(37)24-6-5-7-27(16-24)35-42(39,40)19-21-17-36(18-21)28(22-8-12-25(32)13-9-22)23-10-14-26(33)15-11-23/h5-16,20-21,28,35H,17-19H2,1-4H3,(H,34,37). The van der Waals surface area contributed by atoms with Gasteiger partial charge in [0.15, 0.2) is 0 Å². The largest absolute Gasteiger partial charge is 0.458 e. The van der Waals surface area contributed by atoms with Crippen LogP contribution in [0.15, 0.2) is 72.8 Å². The van der Waals surface area contributed by atoms with Gasteiger partial charge in [0, 0.05) is 40.3 Å². The van der Waals surface area contributed by atoms with Crippen molar-refractivity contribution < 1.29 is 22.7 Å². The lowest BCUT2D eigenvalue weighted by Gasteiger charge is -2.44. The van der Waals surface area contributed by atoms with Gasteiger partial charge in [-0.25, -0.2) is 13.2 Å². The maximum Gasteiger partial charge on any atom is 0.328 e. The van der Waals surface area contributed by atoms with Gasteiger partial charge in [0.1, 0.15) is 11.6 Å². The molecule has 0 aromatic heterocycles. The Labute approximate surface area is 257 Å². The Kier molecular flexibility index (Phi) is 9.88. The number of ether oxygens (including phenoxy) is 1. The van der Waals surface area contributed by atoms with Crippen LogP contribution < -0.4 is 10.0 Å². The fourth-order valence-electron chi connectivity index (χ4n) is 4.81. The first kappa shape index (κ1) is 31.8. The van der Waals surface area contributed by atoms with Crippen LogP contribution in [0.25, 0.3) is 0 Å². The lowest BCUT2D eigenvalue weighted by atomic mass is 9.91. The van der Waals surface area contributed by atoms with Crippen LogP contribution in [0.5, 0.6) is 0 Å². The molecule has 1 aliphatic rings. The number of halogens is 2. The minimum Gasteiger partial charge on any atom is -0.458 e. The Bertz CT molecular complexity index is 1470. The van der Waals surface area contributed by atoms with E-state index in [9.17, 15) is 18.0 Å². The highest BCUT2D eigenvalue weighted by molar-refractivity contribution is 7.92. The van der Waals surface area contributed by atoms with Gasteiger partial charge in [0.25, 0.3) is 5.91 Å². The van der Waals surface area contributed by atoms with Crippen LogP contribution in [0.3, 0.4) is 0 Å². The average molecular weight is 633 g/mol. The van der Waals surface area contributed by atoms with Gasteiger partial charge < -0.3 is 10.1 Å². The summed E-state index contributed by atoms with van der Waals surface area (Å²) in [6.07, 6.45) is 0. The third kappa shape index (κ3) is 8.70. The highest BCUT2D eigenvalue weighted by Gasteiger charge is 2.36. The van der Waals surface area contributed by atoms with Crippen LogP contribution >= 0.6 is 23.2 Å². The molecular weight excluding hydrogens is 597 g/mol. The van der Waals surface area contributed by atoms with E-state index in [0.29, 0.717) is 23.1 Å². The van der Waals surface area contributed by atoms with Crippen molar-refractivity contribution in [2.45, 2.75) is 45.4 Å².